The molecule has 106 valence electrons. The number of aromatic nitrogens is 3. The van der Waals surface area contributed by atoms with E-state index in [4.69, 9.17) is 12.2 Å². The van der Waals surface area contributed by atoms with E-state index in [2.05, 4.69) is 41.1 Å². The van der Waals surface area contributed by atoms with E-state index in [9.17, 15) is 0 Å². The monoisotopic (exact) mass is 288 g/mol. The fraction of sp³-hybridized carbons (Fsp3) is 0.467. The van der Waals surface area contributed by atoms with Crippen LogP contribution in [0.3, 0.4) is 0 Å². The van der Waals surface area contributed by atoms with E-state index in [0.717, 1.165) is 18.2 Å². The highest BCUT2D eigenvalue weighted by Gasteiger charge is 2.32. The molecule has 1 aliphatic carbocycles. The number of nitrogens with one attached hydrogen (secondary N) is 1. The van der Waals surface area contributed by atoms with Gasteiger partial charge in [-0.15, -0.1) is 5.10 Å². The fourth-order valence-corrected chi connectivity index (χ4v) is 2.70. The van der Waals surface area contributed by atoms with Gasteiger partial charge in [0.15, 0.2) is 0 Å². The maximum Gasteiger partial charge on any atom is 0.230 e. The third-order valence-corrected chi connectivity index (χ3v) is 3.75. The van der Waals surface area contributed by atoms with Gasteiger partial charge in [0.2, 0.25) is 10.7 Å². The largest absolute Gasteiger partial charge is 0.337 e. The minimum atomic E-state index is 0.602. The first kappa shape index (κ1) is 13.4. The predicted octanol–water partition coefficient (Wildman–Crippen LogP) is 3.55. The Bertz CT molecular complexity index is 625. The lowest BCUT2D eigenvalue weighted by atomic mass is 10.2. The van der Waals surface area contributed by atoms with Crippen LogP contribution in [0.1, 0.15) is 26.7 Å². The van der Waals surface area contributed by atoms with Crippen LogP contribution in [0, 0.1) is 10.7 Å². The van der Waals surface area contributed by atoms with E-state index in [1.807, 2.05) is 22.8 Å². The van der Waals surface area contributed by atoms with Gasteiger partial charge in [-0.3, -0.25) is 4.57 Å². The molecule has 0 radical (unpaired) electrons. The van der Waals surface area contributed by atoms with Crippen LogP contribution in [-0.2, 0) is 0 Å². The molecule has 4 nitrogen and oxygen atoms in total. The Morgan fingerprint density at radius 3 is 2.65 bits per heavy atom. The van der Waals surface area contributed by atoms with Crippen LogP contribution in [0.25, 0.3) is 5.69 Å². The maximum atomic E-state index is 5.41. The van der Waals surface area contributed by atoms with E-state index < -0.39 is 0 Å². The number of H-pyrrole nitrogens is 1. The number of rotatable bonds is 5. The van der Waals surface area contributed by atoms with Gasteiger partial charge in [-0.2, -0.15) is 0 Å². The van der Waals surface area contributed by atoms with Crippen molar-refractivity contribution in [3.63, 3.8) is 0 Å². The summed E-state index contributed by atoms with van der Waals surface area (Å²) < 4.78 is 2.69. The molecule has 1 aliphatic rings. The molecular formula is C15H20N4S. The molecule has 5 heteroatoms. The van der Waals surface area contributed by atoms with E-state index in [1.54, 1.807) is 0 Å². The number of nitrogens with zero attached hydrogens (tertiary/aromatic N) is 3. The number of aromatic amines is 1. The smallest absolute Gasteiger partial charge is 0.230 e. The molecule has 3 rings (SSSR count). The van der Waals surface area contributed by atoms with Gasteiger partial charge in [0.05, 0.1) is 5.69 Å². The second kappa shape index (κ2) is 5.40. The summed E-state index contributed by atoms with van der Waals surface area (Å²) in [4.78, 5) is 2.39. The lowest BCUT2D eigenvalue weighted by molar-refractivity contribution is 0.594. The normalized spacial score (nSPS) is 14.8. The Morgan fingerprint density at radius 2 is 2.05 bits per heavy atom. The summed E-state index contributed by atoms with van der Waals surface area (Å²) in [6.07, 6.45) is 2.50. The average molecular weight is 288 g/mol. The number of benzene rings is 1. The molecule has 1 N–H and O–H groups in total. The van der Waals surface area contributed by atoms with Gasteiger partial charge >= 0.3 is 0 Å². The maximum absolute atomic E-state index is 5.41. The Labute approximate surface area is 124 Å². The van der Waals surface area contributed by atoms with Crippen LogP contribution >= 0.6 is 12.2 Å². The topological polar surface area (TPSA) is 36.9 Å². The summed E-state index contributed by atoms with van der Waals surface area (Å²) in [5, 5.41) is 7.42. The quantitative estimate of drug-likeness (QED) is 0.855. The highest BCUT2D eigenvalue weighted by atomic mass is 32.1. The molecule has 20 heavy (non-hydrogen) atoms. The zero-order valence-electron chi connectivity index (χ0n) is 11.9. The summed E-state index contributed by atoms with van der Waals surface area (Å²) in [6, 6.07) is 10.8. The first-order valence-electron chi connectivity index (χ1n) is 7.16. The standard InChI is InChI=1S/C15H20N4S/c1-11(2)10-18(12-8-9-12)14-16-17-15(20)19(14)13-6-4-3-5-7-13/h3-7,11-12H,8-10H2,1-2H3,(H,17,20). The molecule has 1 aromatic heterocycles. The first-order valence-corrected chi connectivity index (χ1v) is 7.57. The van der Waals surface area contributed by atoms with Gasteiger partial charge in [0, 0.05) is 12.6 Å². The van der Waals surface area contributed by atoms with Crippen molar-refractivity contribution in [1.82, 2.24) is 14.8 Å². The average Bonchev–Trinajstić information content (AvgIpc) is 3.20. The first-order chi connectivity index (χ1) is 9.66. The lowest BCUT2D eigenvalue weighted by Crippen LogP contribution is -2.32. The van der Waals surface area contributed by atoms with Gasteiger partial charge < -0.3 is 4.90 Å². The third kappa shape index (κ3) is 2.63. The van der Waals surface area contributed by atoms with Gasteiger partial charge in [-0.25, -0.2) is 5.10 Å². The van der Waals surface area contributed by atoms with Crippen molar-refractivity contribution in [2.75, 3.05) is 11.4 Å². The van der Waals surface area contributed by atoms with Crippen molar-refractivity contribution < 1.29 is 0 Å². The SMILES string of the molecule is CC(C)CN(c1n[nH]c(=S)n1-c1ccccc1)C1CC1. The highest BCUT2D eigenvalue weighted by Crippen LogP contribution is 2.32. The van der Waals surface area contributed by atoms with Crippen molar-refractivity contribution in [2.45, 2.75) is 32.7 Å². The van der Waals surface area contributed by atoms with Crippen LogP contribution in [0.2, 0.25) is 0 Å². The minimum Gasteiger partial charge on any atom is -0.337 e. The Balaban J connectivity index is 2.03. The van der Waals surface area contributed by atoms with Gasteiger partial charge in [0.1, 0.15) is 0 Å². The minimum absolute atomic E-state index is 0.602. The fourth-order valence-electron chi connectivity index (χ4n) is 2.46. The van der Waals surface area contributed by atoms with Crippen molar-refractivity contribution in [3.05, 3.63) is 35.1 Å². The molecule has 1 saturated carbocycles. The van der Waals surface area contributed by atoms with E-state index in [0.29, 0.717) is 16.7 Å². The van der Waals surface area contributed by atoms with Crippen molar-refractivity contribution in [2.24, 2.45) is 5.92 Å². The molecule has 1 aromatic carbocycles. The lowest BCUT2D eigenvalue weighted by Gasteiger charge is -2.25. The molecule has 0 unspecified atom stereocenters. The van der Waals surface area contributed by atoms with Crippen molar-refractivity contribution >= 4 is 18.2 Å². The van der Waals surface area contributed by atoms with E-state index >= 15 is 0 Å². The predicted molar refractivity (Wildman–Crippen MR) is 84.0 cm³/mol. The van der Waals surface area contributed by atoms with E-state index in [-0.39, 0.29) is 0 Å². The zero-order valence-corrected chi connectivity index (χ0v) is 12.7. The summed E-state index contributed by atoms with van der Waals surface area (Å²) in [6.45, 7) is 5.49. The molecule has 0 spiro atoms. The van der Waals surface area contributed by atoms with Crippen LogP contribution in [-0.4, -0.2) is 27.4 Å². The molecule has 1 fully saturated rings. The molecule has 0 bridgehead atoms. The molecule has 0 amide bonds. The molecular weight excluding hydrogens is 268 g/mol. The summed E-state index contributed by atoms with van der Waals surface area (Å²) >= 11 is 5.41. The number of hydrogen-bond donors (Lipinski definition) is 1. The Hall–Kier alpha value is -1.62. The number of para-hydroxylation sites is 1. The summed E-state index contributed by atoms with van der Waals surface area (Å²) in [5.41, 5.74) is 1.07. The van der Waals surface area contributed by atoms with Crippen LogP contribution in [0.4, 0.5) is 5.95 Å². The molecule has 2 aromatic rings. The van der Waals surface area contributed by atoms with Gasteiger partial charge in [0.25, 0.3) is 0 Å². The molecule has 0 saturated heterocycles. The Morgan fingerprint density at radius 1 is 1.35 bits per heavy atom. The van der Waals surface area contributed by atoms with Crippen LogP contribution in [0.15, 0.2) is 30.3 Å². The summed E-state index contributed by atoms with van der Waals surface area (Å²) in [7, 11) is 0. The van der Waals surface area contributed by atoms with Crippen LogP contribution < -0.4 is 4.90 Å². The second-order valence-electron chi connectivity index (χ2n) is 5.78. The number of anilines is 1. The van der Waals surface area contributed by atoms with E-state index in [1.165, 1.54) is 12.8 Å². The van der Waals surface area contributed by atoms with Gasteiger partial charge in [-0.05, 0) is 43.1 Å². The highest BCUT2D eigenvalue weighted by molar-refractivity contribution is 7.71. The van der Waals surface area contributed by atoms with Gasteiger partial charge in [-0.1, -0.05) is 32.0 Å². The molecule has 0 aliphatic heterocycles. The Kier molecular flexibility index (Phi) is 3.61. The van der Waals surface area contributed by atoms with Crippen molar-refractivity contribution in [1.29, 1.82) is 0 Å². The zero-order chi connectivity index (χ0) is 14.1. The van der Waals surface area contributed by atoms with Crippen molar-refractivity contribution in [3.8, 4) is 5.69 Å². The third-order valence-electron chi connectivity index (χ3n) is 3.48. The second-order valence-corrected chi connectivity index (χ2v) is 6.16. The van der Waals surface area contributed by atoms with Crippen LogP contribution in [0.5, 0.6) is 0 Å². The molecule has 1 heterocycles. The number of hydrogen-bond acceptors (Lipinski definition) is 3. The molecule has 0 atom stereocenters. The summed E-state index contributed by atoms with van der Waals surface area (Å²) in [5.74, 6) is 1.54.